The van der Waals surface area contributed by atoms with Crippen molar-refractivity contribution >= 4 is 11.7 Å². The molecule has 0 bridgehead atoms. The summed E-state index contributed by atoms with van der Waals surface area (Å²) in [6.45, 7) is 1.99. The van der Waals surface area contributed by atoms with Crippen molar-refractivity contribution in [3.8, 4) is 0 Å². The first-order chi connectivity index (χ1) is 8.04. The number of rotatable bonds is 6. The topological polar surface area (TPSA) is 80.4 Å². The van der Waals surface area contributed by atoms with Gasteiger partial charge in [-0.05, 0) is 17.9 Å². The minimum Gasteiger partial charge on any atom is -0.481 e. The molecule has 1 N–H and O–H groups in total. The fraction of sp³-hybridized carbons (Fsp3) is 0.417. The molecule has 0 spiro atoms. The number of nitrogens with zero attached hydrogens (tertiary/aromatic N) is 1. The van der Waals surface area contributed by atoms with Crippen molar-refractivity contribution in [2.24, 2.45) is 0 Å². The predicted octanol–water partition coefficient (Wildman–Crippen LogP) is 2.95. The summed E-state index contributed by atoms with van der Waals surface area (Å²) in [7, 11) is 0. The summed E-state index contributed by atoms with van der Waals surface area (Å²) in [6, 6.07) is 6.11. The molecule has 1 atom stereocenters. The molecule has 0 amide bonds. The number of nitro benzene ring substituents is 1. The highest BCUT2D eigenvalue weighted by molar-refractivity contribution is 5.68. The standard InChI is InChI=1S/C12H15NO4/c1-2-3-10(8-12(14)15)9-4-6-11(7-5-9)13(16)17/h4-7,10H,2-3,8H2,1H3,(H,14,15). The SMILES string of the molecule is CCCC(CC(=O)O)c1ccc([N+](=O)[O-])cc1. The van der Waals surface area contributed by atoms with Gasteiger partial charge in [0.1, 0.15) is 0 Å². The van der Waals surface area contributed by atoms with Gasteiger partial charge in [-0.15, -0.1) is 0 Å². The van der Waals surface area contributed by atoms with Gasteiger partial charge < -0.3 is 5.11 Å². The molecule has 0 saturated heterocycles. The van der Waals surface area contributed by atoms with E-state index in [2.05, 4.69) is 0 Å². The Hall–Kier alpha value is -1.91. The fourth-order valence-corrected chi connectivity index (χ4v) is 1.81. The van der Waals surface area contributed by atoms with Crippen LogP contribution in [-0.2, 0) is 4.79 Å². The molecule has 1 aromatic carbocycles. The highest BCUT2D eigenvalue weighted by Gasteiger charge is 2.15. The van der Waals surface area contributed by atoms with Crippen LogP contribution in [0, 0.1) is 10.1 Å². The zero-order valence-corrected chi connectivity index (χ0v) is 9.63. The minimum atomic E-state index is -0.846. The second-order valence-corrected chi connectivity index (χ2v) is 3.93. The molecule has 0 fully saturated rings. The van der Waals surface area contributed by atoms with Gasteiger partial charge in [0.2, 0.25) is 0 Å². The lowest BCUT2D eigenvalue weighted by atomic mass is 9.91. The summed E-state index contributed by atoms with van der Waals surface area (Å²) < 4.78 is 0. The van der Waals surface area contributed by atoms with Crippen LogP contribution in [0.25, 0.3) is 0 Å². The van der Waals surface area contributed by atoms with Crippen molar-refractivity contribution in [3.05, 3.63) is 39.9 Å². The van der Waals surface area contributed by atoms with E-state index in [-0.39, 0.29) is 18.0 Å². The van der Waals surface area contributed by atoms with Crippen LogP contribution in [0.4, 0.5) is 5.69 Å². The van der Waals surface area contributed by atoms with Crippen molar-refractivity contribution in [2.45, 2.75) is 32.1 Å². The van der Waals surface area contributed by atoms with E-state index in [9.17, 15) is 14.9 Å². The molecule has 1 unspecified atom stereocenters. The quantitative estimate of drug-likeness (QED) is 0.609. The van der Waals surface area contributed by atoms with Crippen LogP contribution in [0.1, 0.15) is 37.7 Å². The van der Waals surface area contributed by atoms with Crippen molar-refractivity contribution < 1.29 is 14.8 Å². The van der Waals surface area contributed by atoms with E-state index in [1.54, 1.807) is 12.1 Å². The summed E-state index contributed by atoms with van der Waals surface area (Å²) in [6.07, 6.45) is 1.71. The second kappa shape index (κ2) is 5.98. The monoisotopic (exact) mass is 237 g/mol. The number of hydrogen-bond acceptors (Lipinski definition) is 3. The molecule has 5 heteroatoms. The Kier molecular flexibility index (Phi) is 4.63. The van der Waals surface area contributed by atoms with E-state index in [1.165, 1.54) is 12.1 Å². The Labute approximate surface area is 99.2 Å². The van der Waals surface area contributed by atoms with E-state index >= 15 is 0 Å². The second-order valence-electron chi connectivity index (χ2n) is 3.93. The van der Waals surface area contributed by atoms with Gasteiger partial charge in [-0.2, -0.15) is 0 Å². The Morgan fingerprint density at radius 1 is 1.41 bits per heavy atom. The van der Waals surface area contributed by atoms with Gasteiger partial charge in [-0.3, -0.25) is 14.9 Å². The van der Waals surface area contributed by atoms with Gasteiger partial charge in [0.15, 0.2) is 0 Å². The molecule has 0 aliphatic carbocycles. The Balaban J connectivity index is 2.86. The Morgan fingerprint density at radius 2 is 2.00 bits per heavy atom. The molecule has 0 radical (unpaired) electrons. The molecule has 5 nitrogen and oxygen atoms in total. The fourth-order valence-electron chi connectivity index (χ4n) is 1.81. The summed E-state index contributed by atoms with van der Waals surface area (Å²) in [4.78, 5) is 20.8. The van der Waals surface area contributed by atoms with Crippen LogP contribution in [0.3, 0.4) is 0 Å². The number of carbonyl (C=O) groups is 1. The smallest absolute Gasteiger partial charge is 0.303 e. The highest BCUT2D eigenvalue weighted by Crippen LogP contribution is 2.26. The molecule has 17 heavy (non-hydrogen) atoms. The average molecular weight is 237 g/mol. The van der Waals surface area contributed by atoms with Gasteiger partial charge in [-0.1, -0.05) is 25.5 Å². The van der Waals surface area contributed by atoms with E-state index in [0.29, 0.717) is 0 Å². The third kappa shape index (κ3) is 3.86. The summed E-state index contributed by atoms with van der Waals surface area (Å²) in [5, 5.41) is 19.3. The third-order valence-corrected chi connectivity index (χ3v) is 2.63. The van der Waals surface area contributed by atoms with E-state index in [4.69, 9.17) is 5.11 Å². The normalized spacial score (nSPS) is 12.1. The minimum absolute atomic E-state index is 0.0272. The third-order valence-electron chi connectivity index (χ3n) is 2.63. The molecule has 0 aromatic heterocycles. The van der Waals surface area contributed by atoms with Gasteiger partial charge >= 0.3 is 5.97 Å². The van der Waals surface area contributed by atoms with Crippen molar-refractivity contribution in [3.63, 3.8) is 0 Å². The van der Waals surface area contributed by atoms with Crippen LogP contribution in [-0.4, -0.2) is 16.0 Å². The van der Waals surface area contributed by atoms with Crippen molar-refractivity contribution in [1.29, 1.82) is 0 Å². The average Bonchev–Trinajstić information content (AvgIpc) is 2.28. The van der Waals surface area contributed by atoms with E-state index in [1.807, 2.05) is 6.92 Å². The molecule has 1 aromatic rings. The molecule has 0 aliphatic rings. The van der Waals surface area contributed by atoms with Gasteiger partial charge in [0.25, 0.3) is 5.69 Å². The molecule has 0 saturated carbocycles. The number of nitro groups is 1. The van der Waals surface area contributed by atoms with Crippen molar-refractivity contribution in [1.82, 2.24) is 0 Å². The molecule has 0 aliphatic heterocycles. The predicted molar refractivity (Wildman–Crippen MR) is 63.0 cm³/mol. The number of hydrogen-bond donors (Lipinski definition) is 1. The lowest BCUT2D eigenvalue weighted by molar-refractivity contribution is -0.384. The number of benzene rings is 1. The van der Waals surface area contributed by atoms with Crippen LogP contribution in [0.5, 0.6) is 0 Å². The number of carboxylic acid groups (broad SMARTS) is 1. The number of non-ortho nitro benzene ring substituents is 1. The van der Waals surface area contributed by atoms with Crippen molar-refractivity contribution in [2.75, 3.05) is 0 Å². The maximum Gasteiger partial charge on any atom is 0.303 e. The van der Waals surface area contributed by atoms with Gasteiger partial charge in [0, 0.05) is 12.1 Å². The van der Waals surface area contributed by atoms with Crippen LogP contribution < -0.4 is 0 Å². The van der Waals surface area contributed by atoms with Crippen LogP contribution in [0.2, 0.25) is 0 Å². The first-order valence-corrected chi connectivity index (χ1v) is 5.50. The maximum absolute atomic E-state index is 10.7. The Morgan fingerprint density at radius 3 is 2.41 bits per heavy atom. The highest BCUT2D eigenvalue weighted by atomic mass is 16.6. The lowest BCUT2D eigenvalue weighted by Gasteiger charge is -2.13. The van der Waals surface area contributed by atoms with E-state index < -0.39 is 10.9 Å². The van der Waals surface area contributed by atoms with Gasteiger partial charge in [0.05, 0.1) is 11.3 Å². The summed E-state index contributed by atoms with van der Waals surface area (Å²) in [5.41, 5.74) is 0.874. The first kappa shape index (κ1) is 13.2. The number of carboxylic acids is 1. The first-order valence-electron chi connectivity index (χ1n) is 5.50. The Bertz CT molecular complexity index is 399. The summed E-state index contributed by atoms with van der Waals surface area (Å²) in [5.74, 6) is -0.917. The van der Waals surface area contributed by atoms with Gasteiger partial charge in [-0.25, -0.2) is 0 Å². The maximum atomic E-state index is 10.7. The van der Waals surface area contributed by atoms with Crippen LogP contribution >= 0.6 is 0 Å². The largest absolute Gasteiger partial charge is 0.481 e. The summed E-state index contributed by atoms with van der Waals surface area (Å²) >= 11 is 0. The zero-order valence-electron chi connectivity index (χ0n) is 9.63. The molecule has 0 heterocycles. The molecular weight excluding hydrogens is 222 g/mol. The number of aliphatic carboxylic acids is 1. The zero-order chi connectivity index (χ0) is 12.8. The lowest BCUT2D eigenvalue weighted by Crippen LogP contribution is -2.06. The van der Waals surface area contributed by atoms with Crippen LogP contribution in [0.15, 0.2) is 24.3 Å². The van der Waals surface area contributed by atoms with E-state index in [0.717, 1.165) is 18.4 Å². The molecule has 92 valence electrons. The molecular formula is C12H15NO4. The molecule has 1 rings (SSSR count).